The summed E-state index contributed by atoms with van der Waals surface area (Å²) in [5.74, 6) is -1.86. The number of carbonyl (C=O) groups is 3. The summed E-state index contributed by atoms with van der Waals surface area (Å²) in [4.78, 5) is 38.4. The summed E-state index contributed by atoms with van der Waals surface area (Å²) in [6.45, 7) is 2.43. The van der Waals surface area contributed by atoms with E-state index in [9.17, 15) is 18.8 Å². The van der Waals surface area contributed by atoms with Gasteiger partial charge in [-0.25, -0.2) is 14.0 Å². The SMILES string of the molecule is CCOC(=O)N1CCN(C(=O)COC(=O)COc2ccc(Br)cc2F)CC1. The molecule has 1 fully saturated rings. The molecule has 0 spiro atoms. The minimum absolute atomic E-state index is 0.0865. The van der Waals surface area contributed by atoms with Crippen molar-refractivity contribution < 1.29 is 33.0 Å². The number of esters is 1. The van der Waals surface area contributed by atoms with Gasteiger partial charge in [0.25, 0.3) is 5.91 Å². The molecule has 0 bridgehead atoms. The summed E-state index contributed by atoms with van der Waals surface area (Å²) < 4.78 is 28.9. The van der Waals surface area contributed by atoms with Crippen LogP contribution in [0.4, 0.5) is 9.18 Å². The molecule has 0 aromatic heterocycles. The van der Waals surface area contributed by atoms with E-state index in [0.717, 1.165) is 0 Å². The molecule has 1 aromatic rings. The monoisotopic (exact) mass is 446 g/mol. The topological polar surface area (TPSA) is 85.4 Å². The van der Waals surface area contributed by atoms with Gasteiger partial charge in [0, 0.05) is 30.7 Å². The van der Waals surface area contributed by atoms with Crippen LogP contribution in [0.3, 0.4) is 0 Å². The number of piperazine rings is 1. The number of hydrogen-bond donors (Lipinski definition) is 0. The zero-order valence-corrected chi connectivity index (χ0v) is 16.4. The van der Waals surface area contributed by atoms with Crippen molar-refractivity contribution in [2.24, 2.45) is 0 Å². The first-order valence-electron chi connectivity index (χ1n) is 8.33. The van der Waals surface area contributed by atoms with Gasteiger partial charge >= 0.3 is 12.1 Å². The number of amides is 2. The van der Waals surface area contributed by atoms with Gasteiger partial charge in [0.1, 0.15) is 0 Å². The Hall–Kier alpha value is -2.36. The van der Waals surface area contributed by atoms with E-state index >= 15 is 0 Å². The fourth-order valence-corrected chi connectivity index (χ4v) is 2.69. The van der Waals surface area contributed by atoms with Crippen LogP contribution in [0.5, 0.6) is 5.75 Å². The van der Waals surface area contributed by atoms with Crippen molar-refractivity contribution >= 4 is 33.9 Å². The smallest absolute Gasteiger partial charge is 0.409 e. The summed E-state index contributed by atoms with van der Waals surface area (Å²) >= 11 is 3.12. The first-order chi connectivity index (χ1) is 12.9. The van der Waals surface area contributed by atoms with Crippen molar-refractivity contribution in [3.05, 3.63) is 28.5 Å². The van der Waals surface area contributed by atoms with Crippen molar-refractivity contribution in [3.63, 3.8) is 0 Å². The molecule has 1 aliphatic heterocycles. The Bertz CT molecular complexity index is 694. The molecule has 2 amide bonds. The number of benzene rings is 1. The zero-order valence-electron chi connectivity index (χ0n) is 14.8. The van der Waals surface area contributed by atoms with E-state index in [1.165, 1.54) is 21.9 Å². The summed E-state index contributed by atoms with van der Waals surface area (Å²) in [7, 11) is 0. The minimum atomic E-state index is -0.782. The number of carbonyl (C=O) groups excluding carboxylic acids is 3. The molecule has 1 heterocycles. The number of ether oxygens (including phenoxy) is 3. The van der Waals surface area contributed by atoms with Crippen LogP contribution in [-0.4, -0.2) is 73.8 Å². The van der Waals surface area contributed by atoms with Crippen molar-refractivity contribution in [3.8, 4) is 5.75 Å². The van der Waals surface area contributed by atoms with E-state index in [4.69, 9.17) is 14.2 Å². The average molecular weight is 447 g/mol. The second-order valence-corrected chi connectivity index (χ2v) is 6.51. The van der Waals surface area contributed by atoms with Gasteiger partial charge in [-0.15, -0.1) is 0 Å². The number of rotatable bonds is 6. The van der Waals surface area contributed by atoms with Gasteiger partial charge in [-0.2, -0.15) is 0 Å². The van der Waals surface area contributed by atoms with Gasteiger partial charge in [-0.3, -0.25) is 4.79 Å². The van der Waals surface area contributed by atoms with Crippen molar-refractivity contribution in [2.75, 3.05) is 46.0 Å². The first-order valence-corrected chi connectivity index (χ1v) is 9.13. The lowest BCUT2D eigenvalue weighted by Gasteiger charge is -2.33. The van der Waals surface area contributed by atoms with Gasteiger partial charge < -0.3 is 24.0 Å². The Kier molecular flexibility index (Phi) is 7.83. The Morgan fingerprint density at radius 3 is 2.37 bits per heavy atom. The standard InChI is InChI=1S/C17H20BrFN2O6/c1-2-25-17(24)21-7-5-20(6-8-21)15(22)10-27-16(23)11-26-14-4-3-12(18)9-13(14)19/h3-4,9H,2,5-8,10-11H2,1H3. The molecule has 0 radical (unpaired) electrons. The maximum absolute atomic E-state index is 13.6. The third-order valence-electron chi connectivity index (χ3n) is 3.75. The molecule has 1 aromatic carbocycles. The van der Waals surface area contributed by atoms with Crippen LogP contribution in [0, 0.1) is 5.82 Å². The molecule has 1 saturated heterocycles. The van der Waals surface area contributed by atoms with E-state index in [2.05, 4.69) is 15.9 Å². The van der Waals surface area contributed by atoms with E-state index in [-0.39, 0.29) is 11.7 Å². The summed E-state index contributed by atoms with van der Waals surface area (Å²) in [6.07, 6.45) is -0.409. The number of nitrogens with zero attached hydrogens (tertiary/aromatic N) is 2. The minimum Gasteiger partial charge on any atom is -0.479 e. The zero-order chi connectivity index (χ0) is 19.8. The molecule has 0 saturated carbocycles. The van der Waals surface area contributed by atoms with Crippen molar-refractivity contribution in [1.82, 2.24) is 9.80 Å². The van der Waals surface area contributed by atoms with E-state index in [1.807, 2.05) is 0 Å². The Morgan fingerprint density at radius 1 is 1.07 bits per heavy atom. The Labute approximate surface area is 164 Å². The largest absolute Gasteiger partial charge is 0.479 e. The Morgan fingerprint density at radius 2 is 1.74 bits per heavy atom. The highest BCUT2D eigenvalue weighted by Gasteiger charge is 2.25. The van der Waals surface area contributed by atoms with E-state index in [1.54, 1.807) is 13.0 Å². The second-order valence-electron chi connectivity index (χ2n) is 5.59. The summed E-state index contributed by atoms with van der Waals surface area (Å²) in [6, 6.07) is 4.16. The summed E-state index contributed by atoms with van der Waals surface area (Å²) in [5, 5.41) is 0. The van der Waals surface area contributed by atoms with Gasteiger partial charge in [0.05, 0.1) is 6.61 Å². The van der Waals surface area contributed by atoms with Gasteiger partial charge in [-0.05, 0) is 25.1 Å². The van der Waals surface area contributed by atoms with Crippen LogP contribution in [0.2, 0.25) is 0 Å². The van der Waals surface area contributed by atoms with Crippen LogP contribution in [-0.2, 0) is 19.1 Å². The number of hydrogen-bond acceptors (Lipinski definition) is 6. The molecular formula is C17H20BrFN2O6. The van der Waals surface area contributed by atoms with Gasteiger partial charge in [0.15, 0.2) is 24.8 Å². The van der Waals surface area contributed by atoms with Crippen LogP contribution in [0.25, 0.3) is 0 Å². The van der Waals surface area contributed by atoms with Crippen LogP contribution in [0.1, 0.15) is 6.92 Å². The average Bonchev–Trinajstić information content (AvgIpc) is 2.65. The first kappa shape index (κ1) is 20.9. The van der Waals surface area contributed by atoms with Crippen molar-refractivity contribution in [2.45, 2.75) is 6.92 Å². The lowest BCUT2D eigenvalue weighted by atomic mass is 10.3. The third-order valence-corrected chi connectivity index (χ3v) is 4.25. The molecule has 27 heavy (non-hydrogen) atoms. The molecular weight excluding hydrogens is 427 g/mol. The van der Waals surface area contributed by atoms with Crippen LogP contribution in [0.15, 0.2) is 22.7 Å². The summed E-state index contributed by atoms with van der Waals surface area (Å²) in [5.41, 5.74) is 0. The lowest BCUT2D eigenvalue weighted by Crippen LogP contribution is -2.51. The molecule has 2 rings (SSSR count). The lowest BCUT2D eigenvalue weighted by molar-refractivity contribution is -0.154. The molecule has 1 aliphatic rings. The quantitative estimate of drug-likeness (QED) is 0.619. The highest BCUT2D eigenvalue weighted by molar-refractivity contribution is 9.10. The normalized spacial score (nSPS) is 13.9. The molecule has 0 aliphatic carbocycles. The molecule has 0 atom stereocenters. The predicted octanol–water partition coefficient (Wildman–Crippen LogP) is 1.81. The van der Waals surface area contributed by atoms with Gasteiger partial charge in [-0.1, -0.05) is 15.9 Å². The molecule has 0 unspecified atom stereocenters. The number of halogens is 2. The highest BCUT2D eigenvalue weighted by Crippen LogP contribution is 2.21. The van der Waals surface area contributed by atoms with Crippen LogP contribution < -0.4 is 4.74 Å². The fourth-order valence-electron chi connectivity index (χ4n) is 2.36. The maximum atomic E-state index is 13.6. The second kappa shape index (κ2) is 10.1. The fraction of sp³-hybridized carbons (Fsp3) is 0.471. The molecule has 10 heteroatoms. The van der Waals surface area contributed by atoms with E-state index in [0.29, 0.717) is 37.3 Å². The third kappa shape index (κ3) is 6.38. The predicted molar refractivity (Wildman–Crippen MR) is 95.7 cm³/mol. The Balaban J connectivity index is 1.69. The molecule has 148 valence electrons. The van der Waals surface area contributed by atoms with E-state index < -0.39 is 31.1 Å². The maximum Gasteiger partial charge on any atom is 0.409 e. The van der Waals surface area contributed by atoms with Crippen molar-refractivity contribution in [1.29, 1.82) is 0 Å². The van der Waals surface area contributed by atoms with Crippen LogP contribution >= 0.6 is 15.9 Å². The highest BCUT2D eigenvalue weighted by atomic mass is 79.9. The molecule has 8 nitrogen and oxygen atoms in total. The molecule has 0 N–H and O–H groups in total. The van der Waals surface area contributed by atoms with Gasteiger partial charge in [0.2, 0.25) is 0 Å².